The molecule has 0 radical (unpaired) electrons. The number of rotatable bonds is 3. The summed E-state index contributed by atoms with van der Waals surface area (Å²) in [6.07, 6.45) is 0.824. The molecule has 0 spiro atoms. The zero-order valence-corrected chi connectivity index (χ0v) is 15.2. The van der Waals surface area contributed by atoms with Gasteiger partial charge in [-0.1, -0.05) is 18.2 Å². The van der Waals surface area contributed by atoms with Gasteiger partial charge in [0.05, 0.1) is 0 Å². The van der Waals surface area contributed by atoms with Gasteiger partial charge in [-0.05, 0) is 25.0 Å². The number of carbonyl (C=O) groups is 1. The number of hydrogen-bond donors (Lipinski definition) is 1. The highest BCUT2D eigenvalue weighted by Gasteiger charge is 2.27. The third-order valence-electron chi connectivity index (χ3n) is 4.94. The van der Waals surface area contributed by atoms with Gasteiger partial charge in [-0.3, -0.25) is 14.2 Å². The number of hydrogen-bond acceptors (Lipinski definition) is 5. The van der Waals surface area contributed by atoms with Crippen LogP contribution in [-0.2, 0) is 24.9 Å². The summed E-state index contributed by atoms with van der Waals surface area (Å²) in [5, 5.41) is 0. The number of primary amides is 1. The first-order valence-corrected chi connectivity index (χ1v) is 8.71. The molecular weight excluding hydrogens is 348 g/mol. The number of amides is 1. The van der Waals surface area contributed by atoms with Gasteiger partial charge in [-0.15, -0.1) is 0 Å². The molecule has 140 valence electrons. The normalized spacial score (nSPS) is 13.8. The van der Waals surface area contributed by atoms with Crippen LogP contribution in [-0.4, -0.2) is 31.1 Å². The number of benzene rings is 1. The van der Waals surface area contributed by atoms with E-state index in [2.05, 4.69) is 9.88 Å². The molecule has 2 aromatic heterocycles. The van der Waals surface area contributed by atoms with Crippen molar-refractivity contribution in [3.63, 3.8) is 0 Å². The summed E-state index contributed by atoms with van der Waals surface area (Å²) in [5.74, 6) is -0.122. The third kappa shape index (κ3) is 2.54. The van der Waals surface area contributed by atoms with Crippen molar-refractivity contribution in [1.82, 2.24) is 18.7 Å². The van der Waals surface area contributed by atoms with Crippen molar-refractivity contribution < 1.29 is 4.79 Å². The van der Waals surface area contributed by atoms with Crippen LogP contribution in [0.25, 0.3) is 11.2 Å². The summed E-state index contributed by atoms with van der Waals surface area (Å²) in [4.78, 5) is 43.4. The second kappa shape index (κ2) is 6.11. The van der Waals surface area contributed by atoms with Crippen molar-refractivity contribution >= 4 is 28.7 Å². The minimum Gasteiger partial charge on any atom is -0.368 e. The minimum atomic E-state index is -0.742. The molecular formula is C18H20N6O3. The number of aromatic nitrogens is 4. The Morgan fingerprint density at radius 3 is 2.67 bits per heavy atom. The summed E-state index contributed by atoms with van der Waals surface area (Å²) in [5.41, 5.74) is 6.78. The molecule has 9 nitrogen and oxygen atoms in total. The van der Waals surface area contributed by atoms with E-state index in [0.29, 0.717) is 23.7 Å². The number of aryl methyl sites for hydroxylation is 3. The predicted octanol–water partition coefficient (Wildman–Crippen LogP) is 0.232. The summed E-state index contributed by atoms with van der Waals surface area (Å²) in [7, 11) is 1.54. The van der Waals surface area contributed by atoms with Gasteiger partial charge >= 0.3 is 5.69 Å². The SMILES string of the molecule is Cc1ccccc1N1CCCn2c1nc1c2c(=O)n(CC(N)=O)c(=O)n1C. The molecule has 0 atom stereocenters. The van der Waals surface area contributed by atoms with Crippen molar-refractivity contribution in [3.8, 4) is 0 Å². The first-order valence-electron chi connectivity index (χ1n) is 8.71. The highest BCUT2D eigenvalue weighted by molar-refractivity contribution is 5.78. The number of nitrogens with zero attached hydrogens (tertiary/aromatic N) is 5. The molecule has 2 N–H and O–H groups in total. The molecule has 3 heterocycles. The van der Waals surface area contributed by atoms with Crippen molar-refractivity contribution in [3.05, 3.63) is 50.7 Å². The Hall–Kier alpha value is -3.36. The molecule has 1 amide bonds. The van der Waals surface area contributed by atoms with Crippen molar-refractivity contribution in [1.29, 1.82) is 0 Å². The zero-order valence-electron chi connectivity index (χ0n) is 15.2. The lowest BCUT2D eigenvalue weighted by Gasteiger charge is -2.30. The van der Waals surface area contributed by atoms with E-state index in [9.17, 15) is 14.4 Å². The third-order valence-corrected chi connectivity index (χ3v) is 4.94. The molecule has 1 aliphatic rings. The van der Waals surface area contributed by atoms with Crippen LogP contribution in [0.3, 0.4) is 0 Å². The van der Waals surface area contributed by atoms with E-state index < -0.39 is 23.7 Å². The molecule has 0 bridgehead atoms. The first kappa shape index (κ1) is 17.1. The average Bonchev–Trinajstić information content (AvgIpc) is 3.04. The lowest BCUT2D eigenvalue weighted by Crippen LogP contribution is -2.42. The standard InChI is InChI=1S/C18H20N6O3/c1-11-6-3-4-7-12(11)22-8-5-9-23-14-15(20-17(22)23)21(2)18(27)24(16(14)26)10-13(19)25/h3-4,6-7H,5,8-10H2,1-2H3,(H2,19,25). The molecule has 0 saturated carbocycles. The Kier molecular flexibility index (Phi) is 3.87. The van der Waals surface area contributed by atoms with Gasteiger partial charge in [-0.2, -0.15) is 4.98 Å². The fourth-order valence-corrected chi connectivity index (χ4v) is 3.65. The van der Waals surface area contributed by atoms with Crippen LogP contribution >= 0.6 is 0 Å². The van der Waals surface area contributed by atoms with E-state index in [1.807, 2.05) is 35.8 Å². The topological polar surface area (TPSA) is 108 Å². The number of anilines is 2. The Bertz CT molecular complexity index is 1190. The minimum absolute atomic E-state index is 0.307. The predicted molar refractivity (Wildman–Crippen MR) is 101 cm³/mol. The Morgan fingerprint density at radius 2 is 1.96 bits per heavy atom. The number of fused-ring (bicyclic) bond motifs is 3. The summed E-state index contributed by atoms with van der Waals surface area (Å²) in [6, 6.07) is 7.96. The summed E-state index contributed by atoms with van der Waals surface area (Å²) < 4.78 is 3.98. The van der Waals surface area contributed by atoms with Crippen LogP contribution in [0.4, 0.5) is 11.6 Å². The van der Waals surface area contributed by atoms with Crippen molar-refractivity contribution in [2.75, 3.05) is 11.4 Å². The Morgan fingerprint density at radius 1 is 1.22 bits per heavy atom. The molecule has 27 heavy (non-hydrogen) atoms. The average molecular weight is 368 g/mol. The molecule has 4 rings (SSSR count). The summed E-state index contributed by atoms with van der Waals surface area (Å²) in [6.45, 7) is 2.94. The second-order valence-electron chi connectivity index (χ2n) is 6.73. The Balaban J connectivity index is 2.01. The van der Waals surface area contributed by atoms with Gasteiger partial charge in [-0.25, -0.2) is 9.36 Å². The van der Waals surface area contributed by atoms with E-state index in [-0.39, 0.29) is 0 Å². The van der Waals surface area contributed by atoms with Crippen molar-refractivity contribution in [2.45, 2.75) is 26.4 Å². The maximum Gasteiger partial charge on any atom is 0.332 e. The zero-order chi connectivity index (χ0) is 19.3. The molecule has 1 aromatic carbocycles. The van der Waals surface area contributed by atoms with E-state index in [1.165, 1.54) is 4.57 Å². The maximum atomic E-state index is 12.9. The van der Waals surface area contributed by atoms with Crippen molar-refractivity contribution in [2.24, 2.45) is 12.8 Å². The van der Waals surface area contributed by atoms with Gasteiger partial charge in [0.25, 0.3) is 5.56 Å². The largest absolute Gasteiger partial charge is 0.368 e. The molecule has 0 aliphatic carbocycles. The van der Waals surface area contributed by atoms with E-state index in [0.717, 1.165) is 28.8 Å². The van der Waals surface area contributed by atoms with Gasteiger partial charge in [0.2, 0.25) is 11.9 Å². The van der Waals surface area contributed by atoms with Crippen LogP contribution in [0.2, 0.25) is 0 Å². The van der Waals surface area contributed by atoms with Crippen LogP contribution in [0.5, 0.6) is 0 Å². The monoisotopic (exact) mass is 368 g/mol. The van der Waals surface area contributed by atoms with Gasteiger partial charge in [0.1, 0.15) is 6.54 Å². The lowest BCUT2D eigenvalue weighted by atomic mass is 10.1. The smallest absolute Gasteiger partial charge is 0.332 e. The molecule has 3 aromatic rings. The van der Waals surface area contributed by atoms with Gasteiger partial charge in [0, 0.05) is 25.8 Å². The number of nitrogens with two attached hydrogens (primary N) is 1. The molecule has 0 saturated heterocycles. The van der Waals surface area contributed by atoms with E-state index in [1.54, 1.807) is 7.05 Å². The van der Waals surface area contributed by atoms with Crippen LogP contribution in [0.15, 0.2) is 33.9 Å². The number of carbonyl (C=O) groups excluding carboxylic acids is 1. The first-order chi connectivity index (χ1) is 12.9. The number of para-hydroxylation sites is 1. The molecule has 0 unspecified atom stereocenters. The molecule has 9 heteroatoms. The van der Waals surface area contributed by atoms with E-state index >= 15 is 0 Å². The van der Waals surface area contributed by atoms with Gasteiger partial charge < -0.3 is 15.2 Å². The Labute approximate surface area is 154 Å². The molecule has 0 fully saturated rings. The highest BCUT2D eigenvalue weighted by atomic mass is 16.2. The lowest BCUT2D eigenvalue weighted by molar-refractivity contribution is -0.118. The second-order valence-corrected chi connectivity index (χ2v) is 6.73. The van der Waals surface area contributed by atoms with E-state index in [4.69, 9.17) is 5.73 Å². The molecule has 1 aliphatic heterocycles. The van der Waals surface area contributed by atoms with Crippen LogP contribution in [0, 0.1) is 6.92 Å². The maximum absolute atomic E-state index is 12.9. The van der Waals surface area contributed by atoms with Crippen LogP contribution < -0.4 is 21.9 Å². The fraction of sp³-hybridized carbons (Fsp3) is 0.333. The highest BCUT2D eigenvalue weighted by Crippen LogP contribution is 2.32. The van der Waals surface area contributed by atoms with Crippen LogP contribution in [0.1, 0.15) is 12.0 Å². The summed E-state index contributed by atoms with van der Waals surface area (Å²) >= 11 is 0. The number of imidazole rings is 1. The quantitative estimate of drug-likeness (QED) is 0.712. The van der Waals surface area contributed by atoms with Gasteiger partial charge in [0.15, 0.2) is 11.2 Å². The fourth-order valence-electron chi connectivity index (χ4n) is 3.65.